The zero-order valence-corrected chi connectivity index (χ0v) is 12.6. The molecular weight excluding hydrogens is 269 g/mol. The monoisotopic (exact) mass is 293 g/mol. The first-order valence-corrected chi connectivity index (χ1v) is 7.89. The Balaban J connectivity index is 2.11. The Hall–Kier alpha value is -1.42. The van der Waals surface area contributed by atoms with Crippen molar-refractivity contribution in [2.75, 3.05) is 6.61 Å². The van der Waals surface area contributed by atoms with E-state index in [0.29, 0.717) is 12.6 Å². The van der Waals surface area contributed by atoms with Crippen molar-refractivity contribution in [3.05, 3.63) is 35.6 Å². The summed E-state index contributed by atoms with van der Waals surface area (Å²) >= 11 is 0. The third-order valence-corrected chi connectivity index (χ3v) is 3.98. The molecule has 0 bridgehead atoms. The molecule has 1 saturated carbocycles. The van der Waals surface area contributed by atoms with Crippen LogP contribution in [0.15, 0.2) is 24.3 Å². The van der Waals surface area contributed by atoms with Gasteiger partial charge in [-0.05, 0) is 37.5 Å². The zero-order valence-electron chi connectivity index (χ0n) is 12.6. The first-order chi connectivity index (χ1) is 10.2. The van der Waals surface area contributed by atoms with E-state index in [1.54, 1.807) is 19.1 Å². The van der Waals surface area contributed by atoms with E-state index >= 15 is 0 Å². The van der Waals surface area contributed by atoms with Crippen LogP contribution in [0.4, 0.5) is 4.39 Å². The summed E-state index contributed by atoms with van der Waals surface area (Å²) in [5.74, 6) is -0.579. The highest BCUT2D eigenvalue weighted by Gasteiger charge is 2.25. The molecule has 0 heterocycles. The molecule has 1 N–H and O–H groups in total. The van der Waals surface area contributed by atoms with Crippen molar-refractivity contribution < 1.29 is 13.9 Å². The largest absolute Gasteiger partial charge is 0.465 e. The molecule has 3 nitrogen and oxygen atoms in total. The Kier molecular flexibility index (Phi) is 6.18. The number of carbonyl (C=O) groups excluding carboxylic acids is 1. The molecule has 21 heavy (non-hydrogen) atoms. The van der Waals surface area contributed by atoms with Crippen LogP contribution >= 0.6 is 0 Å². The normalized spacial score (nSPS) is 18.0. The van der Waals surface area contributed by atoms with Crippen LogP contribution in [0.25, 0.3) is 0 Å². The molecule has 1 unspecified atom stereocenters. The second kappa shape index (κ2) is 8.13. The number of esters is 1. The molecule has 1 aromatic carbocycles. The van der Waals surface area contributed by atoms with Gasteiger partial charge < -0.3 is 4.74 Å². The summed E-state index contributed by atoms with van der Waals surface area (Å²) in [6, 6.07) is 5.90. The van der Waals surface area contributed by atoms with E-state index in [0.717, 1.165) is 18.4 Å². The molecule has 0 radical (unpaired) electrons. The predicted molar refractivity (Wildman–Crippen MR) is 80.4 cm³/mol. The summed E-state index contributed by atoms with van der Waals surface area (Å²) in [7, 11) is 0. The first kappa shape index (κ1) is 16.0. The van der Waals surface area contributed by atoms with E-state index in [2.05, 4.69) is 5.32 Å². The summed E-state index contributed by atoms with van der Waals surface area (Å²) in [5.41, 5.74) is 0.763. The SMILES string of the molecule is CCOC(=O)C(NC1CCCCCC1)c1ccc(F)cc1. The molecule has 1 aliphatic rings. The maximum atomic E-state index is 13.1. The number of halogens is 1. The van der Waals surface area contributed by atoms with Gasteiger partial charge in [0.1, 0.15) is 11.9 Å². The number of carbonyl (C=O) groups is 1. The van der Waals surface area contributed by atoms with E-state index in [9.17, 15) is 9.18 Å². The van der Waals surface area contributed by atoms with E-state index in [1.807, 2.05) is 0 Å². The van der Waals surface area contributed by atoms with Crippen LogP contribution in [0, 0.1) is 5.82 Å². The molecule has 2 rings (SSSR count). The van der Waals surface area contributed by atoms with E-state index in [-0.39, 0.29) is 11.8 Å². The molecular formula is C17H24FNO2. The average molecular weight is 293 g/mol. The van der Waals surface area contributed by atoms with Crippen LogP contribution in [-0.4, -0.2) is 18.6 Å². The highest BCUT2D eigenvalue weighted by Crippen LogP contribution is 2.22. The molecule has 116 valence electrons. The van der Waals surface area contributed by atoms with E-state index < -0.39 is 6.04 Å². The van der Waals surface area contributed by atoms with Gasteiger partial charge in [-0.15, -0.1) is 0 Å². The van der Waals surface area contributed by atoms with Crippen molar-refractivity contribution in [3.63, 3.8) is 0 Å². The van der Waals surface area contributed by atoms with Gasteiger partial charge in [0.15, 0.2) is 0 Å². The minimum absolute atomic E-state index is 0.284. The van der Waals surface area contributed by atoms with Crippen molar-refractivity contribution in [2.45, 2.75) is 57.5 Å². The molecule has 0 aromatic heterocycles. The molecule has 0 amide bonds. The number of benzene rings is 1. The lowest BCUT2D eigenvalue weighted by Crippen LogP contribution is -2.37. The fraction of sp³-hybridized carbons (Fsp3) is 0.588. The molecule has 1 aliphatic carbocycles. The molecule has 0 saturated heterocycles. The Morgan fingerprint density at radius 2 is 1.86 bits per heavy atom. The fourth-order valence-corrected chi connectivity index (χ4v) is 2.86. The van der Waals surface area contributed by atoms with Crippen LogP contribution in [0.1, 0.15) is 57.1 Å². The van der Waals surface area contributed by atoms with Gasteiger partial charge in [0.25, 0.3) is 0 Å². The Bertz CT molecular complexity index is 439. The third-order valence-electron chi connectivity index (χ3n) is 3.98. The Morgan fingerprint density at radius 1 is 1.24 bits per heavy atom. The zero-order chi connectivity index (χ0) is 15.1. The summed E-state index contributed by atoms with van der Waals surface area (Å²) in [6.45, 7) is 2.15. The van der Waals surface area contributed by atoms with Gasteiger partial charge in [-0.3, -0.25) is 5.32 Å². The maximum absolute atomic E-state index is 13.1. The van der Waals surface area contributed by atoms with Crippen LogP contribution in [-0.2, 0) is 9.53 Å². The minimum atomic E-state index is -0.506. The van der Waals surface area contributed by atoms with Gasteiger partial charge in [-0.25, -0.2) is 9.18 Å². The van der Waals surface area contributed by atoms with Crippen LogP contribution in [0.3, 0.4) is 0 Å². The summed E-state index contributed by atoms with van der Waals surface area (Å²) in [5, 5.41) is 3.42. The predicted octanol–water partition coefficient (Wildman–Crippen LogP) is 3.74. The molecule has 1 atom stereocenters. The average Bonchev–Trinajstić information content (AvgIpc) is 2.75. The summed E-state index contributed by atoms with van der Waals surface area (Å²) in [4.78, 5) is 12.2. The van der Waals surface area contributed by atoms with Gasteiger partial charge in [0, 0.05) is 6.04 Å². The number of hydrogen-bond donors (Lipinski definition) is 1. The molecule has 0 spiro atoms. The van der Waals surface area contributed by atoms with Crippen molar-refractivity contribution in [3.8, 4) is 0 Å². The number of nitrogens with one attached hydrogen (secondary N) is 1. The maximum Gasteiger partial charge on any atom is 0.327 e. The smallest absolute Gasteiger partial charge is 0.327 e. The number of ether oxygens (including phenoxy) is 1. The Morgan fingerprint density at radius 3 is 2.43 bits per heavy atom. The topological polar surface area (TPSA) is 38.3 Å². The molecule has 4 heteroatoms. The number of rotatable bonds is 5. The van der Waals surface area contributed by atoms with Gasteiger partial charge in [-0.1, -0.05) is 37.8 Å². The van der Waals surface area contributed by atoms with Crippen molar-refractivity contribution in [1.82, 2.24) is 5.32 Å². The lowest BCUT2D eigenvalue weighted by molar-refractivity contribution is -0.146. The van der Waals surface area contributed by atoms with Crippen LogP contribution in [0.5, 0.6) is 0 Å². The van der Waals surface area contributed by atoms with Gasteiger partial charge in [0.2, 0.25) is 0 Å². The van der Waals surface area contributed by atoms with Gasteiger partial charge >= 0.3 is 5.97 Å². The fourth-order valence-electron chi connectivity index (χ4n) is 2.86. The standard InChI is InChI=1S/C17H24FNO2/c1-2-21-17(20)16(13-9-11-14(18)12-10-13)19-15-7-5-3-4-6-8-15/h9-12,15-16,19H,2-8H2,1H3. The van der Waals surface area contributed by atoms with Crippen LogP contribution < -0.4 is 5.32 Å². The molecule has 1 aromatic rings. The van der Waals surface area contributed by atoms with Crippen molar-refractivity contribution in [1.29, 1.82) is 0 Å². The number of hydrogen-bond acceptors (Lipinski definition) is 3. The molecule has 1 fully saturated rings. The third kappa shape index (κ3) is 4.81. The lowest BCUT2D eigenvalue weighted by Gasteiger charge is -2.24. The van der Waals surface area contributed by atoms with Crippen LogP contribution in [0.2, 0.25) is 0 Å². The lowest BCUT2D eigenvalue weighted by atomic mass is 10.0. The van der Waals surface area contributed by atoms with E-state index in [1.165, 1.54) is 37.8 Å². The van der Waals surface area contributed by atoms with Crippen molar-refractivity contribution in [2.24, 2.45) is 0 Å². The second-order valence-electron chi connectivity index (χ2n) is 5.59. The highest BCUT2D eigenvalue weighted by atomic mass is 19.1. The van der Waals surface area contributed by atoms with Crippen molar-refractivity contribution >= 4 is 5.97 Å². The minimum Gasteiger partial charge on any atom is -0.465 e. The quantitative estimate of drug-likeness (QED) is 0.664. The molecule has 0 aliphatic heterocycles. The van der Waals surface area contributed by atoms with Gasteiger partial charge in [-0.2, -0.15) is 0 Å². The Labute approximate surface area is 125 Å². The first-order valence-electron chi connectivity index (χ1n) is 7.89. The van der Waals surface area contributed by atoms with Gasteiger partial charge in [0.05, 0.1) is 6.61 Å². The highest BCUT2D eigenvalue weighted by molar-refractivity contribution is 5.77. The van der Waals surface area contributed by atoms with E-state index in [4.69, 9.17) is 4.74 Å². The summed E-state index contributed by atoms with van der Waals surface area (Å²) in [6.07, 6.45) is 7.07. The summed E-state index contributed by atoms with van der Waals surface area (Å²) < 4.78 is 18.2. The second-order valence-corrected chi connectivity index (χ2v) is 5.59.